The largest absolute Gasteiger partial charge is 0.480 e. The van der Waals surface area contributed by atoms with Crippen LogP contribution in [0.3, 0.4) is 0 Å². The van der Waals surface area contributed by atoms with Crippen molar-refractivity contribution in [3.8, 4) is 22.4 Å². The lowest BCUT2D eigenvalue weighted by Gasteiger charge is -2.13. The van der Waals surface area contributed by atoms with Crippen molar-refractivity contribution < 1.29 is 9.90 Å². The van der Waals surface area contributed by atoms with Gasteiger partial charge in [-0.3, -0.25) is 19.1 Å². The first-order valence-corrected chi connectivity index (χ1v) is 9.64. The summed E-state index contributed by atoms with van der Waals surface area (Å²) < 4.78 is 1.10. The summed E-state index contributed by atoms with van der Waals surface area (Å²) in [4.78, 5) is 41.6. The van der Waals surface area contributed by atoms with Gasteiger partial charge in [0.25, 0.3) is 5.56 Å². The van der Waals surface area contributed by atoms with Gasteiger partial charge in [0.05, 0.1) is 17.6 Å². The summed E-state index contributed by atoms with van der Waals surface area (Å²) in [6.45, 7) is 1.30. The summed E-state index contributed by atoms with van der Waals surface area (Å²) in [5.41, 5.74) is 2.60. The number of fused-ring (bicyclic) bond motifs is 1. The molecule has 0 fully saturated rings. The molecule has 10 heteroatoms. The average molecular weight is 437 g/mol. The maximum absolute atomic E-state index is 13.2. The van der Waals surface area contributed by atoms with E-state index in [0.29, 0.717) is 21.7 Å². The lowest BCUT2D eigenvalue weighted by molar-refractivity contribution is -0.137. The molecule has 0 aliphatic rings. The number of hydrogen-bond donors (Lipinski definition) is 2. The standard InChI is InChI=1S/C21H17ClN6O3/c1-11-7-24-9-17(26-11)12-3-4-14(16(22)6-12)15-5-13-8-25-21(23-2)27-19(13)28(20(15)31)10-18(29)30/h3-9H,10H2,1-2H3,(H,29,30)(H,23,25,27). The summed E-state index contributed by atoms with van der Waals surface area (Å²) in [6, 6.07) is 6.81. The Kier molecular flexibility index (Phi) is 5.35. The van der Waals surface area contributed by atoms with Gasteiger partial charge in [-0.1, -0.05) is 23.7 Å². The molecule has 31 heavy (non-hydrogen) atoms. The van der Waals surface area contributed by atoms with E-state index in [9.17, 15) is 14.7 Å². The van der Waals surface area contributed by atoms with Crippen molar-refractivity contribution in [2.75, 3.05) is 12.4 Å². The van der Waals surface area contributed by atoms with E-state index in [1.165, 1.54) is 6.20 Å². The van der Waals surface area contributed by atoms with E-state index in [2.05, 4.69) is 25.3 Å². The smallest absolute Gasteiger partial charge is 0.323 e. The Morgan fingerprint density at radius 2 is 1.97 bits per heavy atom. The number of halogens is 1. The Hall–Kier alpha value is -3.85. The molecule has 3 aromatic heterocycles. The fraction of sp³-hybridized carbons (Fsp3) is 0.143. The van der Waals surface area contributed by atoms with Crippen LogP contribution in [0.4, 0.5) is 5.95 Å². The number of benzene rings is 1. The highest BCUT2D eigenvalue weighted by atomic mass is 35.5. The van der Waals surface area contributed by atoms with Crippen molar-refractivity contribution in [3.63, 3.8) is 0 Å². The number of pyridine rings is 1. The van der Waals surface area contributed by atoms with Gasteiger partial charge >= 0.3 is 5.97 Å². The van der Waals surface area contributed by atoms with Gasteiger partial charge in [-0.15, -0.1) is 0 Å². The van der Waals surface area contributed by atoms with Gasteiger partial charge in [0, 0.05) is 46.5 Å². The number of hydrogen-bond acceptors (Lipinski definition) is 7. The number of carboxylic acids is 1. The highest BCUT2D eigenvalue weighted by molar-refractivity contribution is 6.33. The van der Waals surface area contributed by atoms with E-state index in [1.807, 2.05) is 6.92 Å². The lowest BCUT2D eigenvalue weighted by Crippen LogP contribution is -2.26. The number of carbonyl (C=O) groups is 1. The molecule has 4 aromatic rings. The van der Waals surface area contributed by atoms with Crippen LogP contribution in [-0.2, 0) is 11.3 Å². The minimum atomic E-state index is -1.16. The molecule has 0 radical (unpaired) electrons. The van der Waals surface area contributed by atoms with Crippen LogP contribution < -0.4 is 10.9 Å². The lowest BCUT2D eigenvalue weighted by atomic mass is 10.0. The van der Waals surface area contributed by atoms with Crippen LogP contribution >= 0.6 is 11.6 Å². The fourth-order valence-electron chi connectivity index (χ4n) is 3.25. The molecule has 0 atom stereocenters. The number of anilines is 1. The highest BCUT2D eigenvalue weighted by Crippen LogP contribution is 2.31. The molecule has 0 bridgehead atoms. The Balaban J connectivity index is 1.90. The third-order valence-corrected chi connectivity index (χ3v) is 4.97. The second-order valence-corrected chi connectivity index (χ2v) is 7.21. The van der Waals surface area contributed by atoms with Crippen molar-refractivity contribution in [2.45, 2.75) is 13.5 Å². The zero-order chi connectivity index (χ0) is 22.1. The van der Waals surface area contributed by atoms with Crippen molar-refractivity contribution in [2.24, 2.45) is 0 Å². The first kappa shape index (κ1) is 20.4. The second kappa shape index (κ2) is 8.11. The summed E-state index contributed by atoms with van der Waals surface area (Å²) >= 11 is 6.53. The predicted octanol–water partition coefficient (Wildman–Crippen LogP) is 3.00. The molecule has 0 saturated carbocycles. The van der Waals surface area contributed by atoms with E-state index in [4.69, 9.17) is 11.6 Å². The van der Waals surface area contributed by atoms with E-state index in [0.717, 1.165) is 15.8 Å². The Morgan fingerprint density at radius 1 is 1.16 bits per heavy atom. The first-order chi connectivity index (χ1) is 14.9. The normalized spacial score (nSPS) is 10.9. The molecular formula is C21H17ClN6O3. The van der Waals surface area contributed by atoms with Crippen LogP contribution in [0.5, 0.6) is 0 Å². The summed E-state index contributed by atoms with van der Waals surface area (Å²) in [5.74, 6) is -0.884. The third-order valence-electron chi connectivity index (χ3n) is 4.65. The molecule has 156 valence electrons. The third kappa shape index (κ3) is 3.95. The number of nitrogens with zero attached hydrogens (tertiary/aromatic N) is 5. The van der Waals surface area contributed by atoms with Gasteiger partial charge in [0.15, 0.2) is 0 Å². The highest BCUT2D eigenvalue weighted by Gasteiger charge is 2.17. The first-order valence-electron chi connectivity index (χ1n) is 9.26. The Bertz CT molecular complexity index is 1390. The molecular weight excluding hydrogens is 420 g/mol. The van der Waals surface area contributed by atoms with Crippen molar-refractivity contribution >= 4 is 34.6 Å². The minimum Gasteiger partial charge on any atom is -0.480 e. The van der Waals surface area contributed by atoms with E-state index in [-0.39, 0.29) is 17.2 Å². The van der Waals surface area contributed by atoms with Crippen LogP contribution in [0.2, 0.25) is 5.02 Å². The van der Waals surface area contributed by atoms with Gasteiger partial charge in [-0.25, -0.2) is 9.97 Å². The van der Waals surface area contributed by atoms with Gasteiger partial charge in [0.1, 0.15) is 12.2 Å². The molecule has 0 amide bonds. The molecule has 9 nitrogen and oxygen atoms in total. The topological polar surface area (TPSA) is 123 Å². The molecule has 0 spiro atoms. The van der Waals surface area contributed by atoms with Crippen LogP contribution in [0, 0.1) is 6.92 Å². The Labute approximate surface area is 181 Å². The molecule has 2 N–H and O–H groups in total. The average Bonchev–Trinajstić information content (AvgIpc) is 2.75. The summed E-state index contributed by atoms with van der Waals surface area (Å²) in [5, 5.41) is 12.9. The number of aliphatic carboxylic acids is 1. The van der Waals surface area contributed by atoms with Gasteiger partial charge in [-0.05, 0) is 19.1 Å². The number of aromatic nitrogens is 5. The van der Waals surface area contributed by atoms with Crippen molar-refractivity contribution in [3.05, 3.63) is 63.9 Å². The van der Waals surface area contributed by atoms with Crippen LogP contribution in [0.15, 0.2) is 47.7 Å². The molecule has 0 saturated heterocycles. The molecule has 3 heterocycles. The Morgan fingerprint density at radius 3 is 2.65 bits per heavy atom. The number of aryl methyl sites for hydroxylation is 1. The van der Waals surface area contributed by atoms with Crippen LogP contribution in [-0.4, -0.2) is 42.6 Å². The van der Waals surface area contributed by atoms with Gasteiger partial charge < -0.3 is 10.4 Å². The predicted molar refractivity (Wildman–Crippen MR) is 117 cm³/mol. The number of rotatable bonds is 5. The monoisotopic (exact) mass is 436 g/mol. The summed E-state index contributed by atoms with van der Waals surface area (Å²) in [6.07, 6.45) is 4.81. The van der Waals surface area contributed by atoms with E-state index >= 15 is 0 Å². The zero-order valence-electron chi connectivity index (χ0n) is 16.6. The molecule has 1 aromatic carbocycles. The SMILES string of the molecule is CNc1ncc2cc(-c3ccc(-c4cncc(C)n4)cc3Cl)c(=O)n(CC(=O)O)c2n1. The summed E-state index contributed by atoms with van der Waals surface area (Å²) in [7, 11) is 1.63. The van der Waals surface area contributed by atoms with Gasteiger partial charge in [0.2, 0.25) is 5.95 Å². The van der Waals surface area contributed by atoms with Gasteiger partial charge in [-0.2, -0.15) is 4.98 Å². The van der Waals surface area contributed by atoms with Crippen molar-refractivity contribution in [1.29, 1.82) is 0 Å². The molecule has 0 aliphatic heterocycles. The number of nitrogens with one attached hydrogen (secondary N) is 1. The maximum atomic E-state index is 13.2. The number of carboxylic acid groups (broad SMARTS) is 1. The second-order valence-electron chi connectivity index (χ2n) is 6.81. The fourth-order valence-corrected chi connectivity index (χ4v) is 3.53. The molecule has 4 rings (SSSR count). The van der Waals surface area contributed by atoms with Crippen LogP contribution in [0.25, 0.3) is 33.4 Å². The van der Waals surface area contributed by atoms with E-state index in [1.54, 1.807) is 43.7 Å². The molecule has 0 aliphatic carbocycles. The minimum absolute atomic E-state index is 0.221. The van der Waals surface area contributed by atoms with Crippen LogP contribution in [0.1, 0.15) is 5.69 Å². The maximum Gasteiger partial charge on any atom is 0.323 e. The van der Waals surface area contributed by atoms with Crippen molar-refractivity contribution in [1.82, 2.24) is 24.5 Å². The zero-order valence-corrected chi connectivity index (χ0v) is 17.4. The quantitative estimate of drug-likeness (QED) is 0.489. The van der Waals surface area contributed by atoms with E-state index < -0.39 is 18.1 Å². The molecule has 0 unspecified atom stereocenters.